The zero-order chi connectivity index (χ0) is 24.9. The number of aryl methyl sites for hydroxylation is 1. The molecule has 0 spiro atoms. The van der Waals surface area contributed by atoms with Crippen LogP contribution in [-0.2, 0) is 10.0 Å². The van der Waals surface area contributed by atoms with E-state index in [-0.39, 0.29) is 5.91 Å². The quantitative estimate of drug-likeness (QED) is 0.518. The number of amides is 1. The second kappa shape index (κ2) is 8.95. The average Bonchev–Trinajstić information content (AvgIpc) is 3.57. The van der Waals surface area contributed by atoms with Crippen molar-refractivity contribution in [2.24, 2.45) is 5.92 Å². The summed E-state index contributed by atoms with van der Waals surface area (Å²) in [5.74, 6) is 0.586. The summed E-state index contributed by atoms with van der Waals surface area (Å²) in [6.07, 6.45) is 4.14. The Labute approximate surface area is 207 Å². The van der Waals surface area contributed by atoms with E-state index >= 15 is 0 Å². The predicted octanol–water partition coefficient (Wildman–Crippen LogP) is 3.29. The minimum absolute atomic E-state index is 0.225. The number of fused-ring (bicyclic) bond motifs is 1. The van der Waals surface area contributed by atoms with Crippen molar-refractivity contribution < 1.29 is 13.2 Å². The van der Waals surface area contributed by atoms with E-state index in [4.69, 9.17) is 5.10 Å². The third-order valence-electron chi connectivity index (χ3n) is 7.11. The van der Waals surface area contributed by atoms with Gasteiger partial charge in [0.15, 0.2) is 0 Å². The molecule has 35 heavy (non-hydrogen) atoms. The smallest absolute Gasteiger partial charge is 0.270 e. The van der Waals surface area contributed by atoms with Crippen molar-refractivity contribution in [1.82, 2.24) is 20.0 Å². The molecule has 1 aromatic heterocycles. The van der Waals surface area contributed by atoms with Crippen LogP contribution < -0.4 is 9.62 Å². The van der Waals surface area contributed by atoms with Crippen molar-refractivity contribution in [2.45, 2.75) is 32.1 Å². The van der Waals surface area contributed by atoms with Crippen molar-refractivity contribution >= 4 is 32.5 Å². The molecule has 0 bridgehead atoms. The van der Waals surface area contributed by atoms with Gasteiger partial charge in [-0.25, -0.2) is 13.1 Å². The summed E-state index contributed by atoms with van der Waals surface area (Å²) < 4.78 is 29.1. The Morgan fingerprint density at radius 1 is 1.17 bits per heavy atom. The van der Waals surface area contributed by atoms with Gasteiger partial charge in [0.1, 0.15) is 5.69 Å². The minimum Gasteiger partial charge on any atom is -0.354 e. The summed E-state index contributed by atoms with van der Waals surface area (Å²) in [6, 6.07) is 11.7. The molecule has 3 aromatic rings. The van der Waals surface area contributed by atoms with Crippen LogP contribution in [0.1, 0.15) is 46.8 Å². The van der Waals surface area contributed by atoms with Crippen molar-refractivity contribution in [3.63, 3.8) is 0 Å². The third kappa shape index (κ3) is 4.67. The Morgan fingerprint density at radius 3 is 2.43 bits per heavy atom. The van der Waals surface area contributed by atoms with Crippen molar-refractivity contribution in [1.29, 1.82) is 0 Å². The SMILES string of the molecule is CNC(=O)c1c2cc(C3CC3)c(N(CCC3CN(C)C3)S(C)(=O)=O)cc2nn1-c1ccc(C)cc1. The van der Waals surface area contributed by atoms with E-state index in [0.717, 1.165) is 54.6 Å². The summed E-state index contributed by atoms with van der Waals surface area (Å²) in [7, 11) is 0.209. The standard InChI is InChI=1S/C26H33N5O3S/c1-17-5-9-20(10-6-17)31-25(26(32)27-2)22-13-21(19-7-8-19)24(14-23(22)28-31)30(35(4,33)34)12-11-18-15-29(3)16-18/h5-6,9-10,13-14,18-19H,7-8,11-12,15-16H2,1-4H3,(H,27,32). The summed E-state index contributed by atoms with van der Waals surface area (Å²) in [6.45, 7) is 4.47. The van der Waals surface area contributed by atoms with Crippen molar-refractivity contribution in [3.8, 4) is 5.69 Å². The highest BCUT2D eigenvalue weighted by Crippen LogP contribution is 2.47. The predicted molar refractivity (Wildman–Crippen MR) is 139 cm³/mol. The fourth-order valence-electron chi connectivity index (χ4n) is 5.06. The second-order valence-electron chi connectivity index (χ2n) is 10.1. The Morgan fingerprint density at radius 2 is 1.86 bits per heavy atom. The second-order valence-corrected chi connectivity index (χ2v) is 12.0. The molecule has 0 radical (unpaired) electrons. The van der Waals surface area contributed by atoms with E-state index in [1.807, 2.05) is 43.3 Å². The highest BCUT2D eigenvalue weighted by molar-refractivity contribution is 7.92. The number of aromatic nitrogens is 2. The molecule has 9 heteroatoms. The maximum absolute atomic E-state index is 13.0. The molecule has 0 unspecified atom stereocenters. The van der Waals surface area contributed by atoms with Crippen LogP contribution in [0, 0.1) is 12.8 Å². The van der Waals surface area contributed by atoms with Gasteiger partial charge in [-0.15, -0.1) is 0 Å². The lowest BCUT2D eigenvalue weighted by molar-refractivity contribution is 0.0957. The summed E-state index contributed by atoms with van der Waals surface area (Å²) in [5.41, 5.74) is 4.67. The molecule has 1 saturated heterocycles. The lowest BCUT2D eigenvalue weighted by atomic mass is 9.97. The number of rotatable bonds is 8. The first kappa shape index (κ1) is 23.8. The Balaban J connectivity index is 1.64. The highest BCUT2D eigenvalue weighted by Gasteiger charge is 2.33. The monoisotopic (exact) mass is 495 g/mol. The molecule has 2 aliphatic rings. The number of likely N-dealkylation sites (tertiary alicyclic amines) is 1. The van der Waals surface area contributed by atoms with Gasteiger partial charge in [0.2, 0.25) is 10.0 Å². The number of hydrogen-bond acceptors (Lipinski definition) is 5. The number of benzene rings is 2. The first-order chi connectivity index (χ1) is 16.7. The van der Waals surface area contributed by atoms with Crippen LogP contribution in [0.15, 0.2) is 36.4 Å². The molecule has 1 aliphatic heterocycles. The maximum atomic E-state index is 13.0. The number of carbonyl (C=O) groups is 1. The zero-order valence-electron chi connectivity index (χ0n) is 20.8. The fraction of sp³-hybridized carbons (Fsp3) is 0.462. The molecular formula is C26H33N5O3S. The summed E-state index contributed by atoms with van der Waals surface area (Å²) in [5, 5.41) is 8.27. The lowest BCUT2D eigenvalue weighted by Gasteiger charge is -2.37. The van der Waals surface area contributed by atoms with Crippen LogP contribution in [0.25, 0.3) is 16.6 Å². The van der Waals surface area contributed by atoms with Gasteiger partial charge in [-0.05, 0) is 74.9 Å². The largest absolute Gasteiger partial charge is 0.354 e. The van der Waals surface area contributed by atoms with Gasteiger partial charge in [-0.3, -0.25) is 9.10 Å². The molecule has 2 heterocycles. The average molecular weight is 496 g/mol. The van der Waals surface area contributed by atoms with E-state index in [9.17, 15) is 13.2 Å². The van der Waals surface area contributed by atoms with E-state index in [1.54, 1.807) is 16.0 Å². The summed E-state index contributed by atoms with van der Waals surface area (Å²) in [4.78, 5) is 15.2. The molecule has 8 nitrogen and oxygen atoms in total. The summed E-state index contributed by atoms with van der Waals surface area (Å²) >= 11 is 0. The first-order valence-electron chi connectivity index (χ1n) is 12.2. The highest BCUT2D eigenvalue weighted by atomic mass is 32.2. The van der Waals surface area contributed by atoms with Gasteiger partial charge in [-0.1, -0.05) is 17.7 Å². The Bertz CT molecular complexity index is 1370. The minimum atomic E-state index is -3.48. The molecule has 1 saturated carbocycles. The number of nitrogens with zero attached hydrogens (tertiary/aromatic N) is 4. The van der Waals surface area contributed by atoms with Crippen LogP contribution in [0.2, 0.25) is 0 Å². The first-order valence-corrected chi connectivity index (χ1v) is 14.0. The van der Waals surface area contributed by atoms with Gasteiger partial charge in [0.25, 0.3) is 5.91 Å². The van der Waals surface area contributed by atoms with Crippen molar-refractivity contribution in [2.75, 3.05) is 44.3 Å². The molecular weight excluding hydrogens is 462 g/mol. The molecule has 186 valence electrons. The lowest BCUT2D eigenvalue weighted by Crippen LogP contribution is -2.45. The topological polar surface area (TPSA) is 87.5 Å². The molecule has 2 fully saturated rings. The van der Waals surface area contributed by atoms with E-state index < -0.39 is 10.0 Å². The van der Waals surface area contributed by atoms with Crippen LogP contribution in [0.3, 0.4) is 0 Å². The third-order valence-corrected chi connectivity index (χ3v) is 8.29. The Hall–Kier alpha value is -2.91. The Kier molecular flexibility index (Phi) is 6.09. The maximum Gasteiger partial charge on any atom is 0.270 e. The van der Waals surface area contributed by atoms with Gasteiger partial charge < -0.3 is 10.2 Å². The molecule has 1 aliphatic carbocycles. The number of hydrogen-bond donors (Lipinski definition) is 1. The van der Waals surface area contributed by atoms with Gasteiger partial charge >= 0.3 is 0 Å². The van der Waals surface area contributed by atoms with Crippen LogP contribution in [0.4, 0.5) is 5.69 Å². The molecule has 5 rings (SSSR count). The van der Waals surface area contributed by atoms with Gasteiger partial charge in [0.05, 0.1) is 23.1 Å². The van der Waals surface area contributed by atoms with Gasteiger partial charge in [0, 0.05) is 32.1 Å². The molecule has 1 amide bonds. The van der Waals surface area contributed by atoms with E-state index in [0.29, 0.717) is 35.3 Å². The molecule has 2 aromatic carbocycles. The number of carbonyl (C=O) groups excluding carboxylic acids is 1. The van der Waals surface area contributed by atoms with E-state index in [1.165, 1.54) is 6.26 Å². The van der Waals surface area contributed by atoms with Crippen LogP contribution in [-0.4, -0.2) is 69.0 Å². The van der Waals surface area contributed by atoms with E-state index in [2.05, 4.69) is 17.3 Å². The zero-order valence-corrected chi connectivity index (χ0v) is 21.6. The molecule has 1 N–H and O–H groups in total. The normalized spacial score (nSPS) is 16.9. The van der Waals surface area contributed by atoms with Crippen molar-refractivity contribution in [3.05, 3.63) is 53.2 Å². The van der Waals surface area contributed by atoms with Gasteiger partial charge in [-0.2, -0.15) is 5.10 Å². The van der Waals surface area contributed by atoms with Crippen LogP contribution in [0.5, 0.6) is 0 Å². The number of anilines is 1. The number of sulfonamides is 1. The number of nitrogens with one attached hydrogen (secondary N) is 1. The van der Waals surface area contributed by atoms with Crippen LogP contribution >= 0.6 is 0 Å². The molecule has 0 atom stereocenters. The fourth-order valence-corrected chi connectivity index (χ4v) is 6.01.